The Bertz CT molecular complexity index is 319. The van der Waals surface area contributed by atoms with E-state index in [1.54, 1.807) is 6.07 Å². The number of nitrogens with zero attached hydrogens (tertiary/aromatic N) is 1. The number of halogens is 1. The van der Waals surface area contributed by atoms with Crippen LogP contribution < -0.4 is 5.32 Å². The van der Waals surface area contributed by atoms with E-state index in [-0.39, 0.29) is 11.9 Å². The topological polar surface area (TPSA) is 24.9 Å². The van der Waals surface area contributed by atoms with Gasteiger partial charge >= 0.3 is 0 Å². The van der Waals surface area contributed by atoms with Crippen LogP contribution in [0.15, 0.2) is 30.5 Å². The fraction of sp³-hybridized carbons (Fsp3) is 0.417. The van der Waals surface area contributed by atoms with Gasteiger partial charge in [-0.1, -0.05) is 19.1 Å². The van der Waals surface area contributed by atoms with Gasteiger partial charge in [-0.2, -0.15) is 0 Å². The molecule has 1 atom stereocenters. The lowest BCUT2D eigenvalue weighted by atomic mass is 10.1. The second-order valence-electron chi connectivity index (χ2n) is 3.70. The van der Waals surface area contributed by atoms with Gasteiger partial charge in [0.2, 0.25) is 0 Å². The number of hydrogen-bond donors (Lipinski definition) is 1. The summed E-state index contributed by atoms with van der Waals surface area (Å²) in [5.74, 6) is -0.298. The molecule has 1 rings (SSSR count). The highest BCUT2D eigenvalue weighted by atomic mass is 19.1. The smallest absolute Gasteiger partial charge is 0.141 e. The zero-order valence-electron chi connectivity index (χ0n) is 9.26. The lowest BCUT2D eigenvalue weighted by Gasteiger charge is -2.16. The Morgan fingerprint density at radius 1 is 1.60 bits per heavy atom. The normalized spacial score (nSPS) is 12.5. The fourth-order valence-corrected chi connectivity index (χ4v) is 1.35. The minimum absolute atomic E-state index is 0.169. The molecule has 3 heteroatoms. The standard InChI is InChI=1S/C12H17FN2/c1-4-11(14-7-9(2)3)12-6-5-10(13)8-15-12/h5-6,8,11,14H,2,4,7H2,1,3H3. The molecule has 0 aliphatic carbocycles. The van der Waals surface area contributed by atoms with Crippen molar-refractivity contribution in [2.45, 2.75) is 26.3 Å². The van der Waals surface area contributed by atoms with E-state index in [1.807, 2.05) is 6.92 Å². The van der Waals surface area contributed by atoms with Crippen molar-refractivity contribution >= 4 is 0 Å². The number of pyridine rings is 1. The van der Waals surface area contributed by atoms with E-state index in [0.29, 0.717) is 0 Å². The minimum Gasteiger partial charge on any atom is -0.305 e. The van der Waals surface area contributed by atoms with Crippen LogP contribution in [-0.2, 0) is 0 Å². The van der Waals surface area contributed by atoms with Crippen LogP contribution in [0.3, 0.4) is 0 Å². The van der Waals surface area contributed by atoms with E-state index in [9.17, 15) is 4.39 Å². The summed E-state index contributed by atoms with van der Waals surface area (Å²) in [6.07, 6.45) is 2.17. The van der Waals surface area contributed by atoms with Gasteiger partial charge in [0.1, 0.15) is 5.82 Å². The molecule has 0 radical (unpaired) electrons. The highest BCUT2D eigenvalue weighted by Gasteiger charge is 2.09. The molecular weight excluding hydrogens is 191 g/mol. The summed E-state index contributed by atoms with van der Waals surface area (Å²) < 4.78 is 12.7. The SMILES string of the molecule is C=C(C)CNC(CC)c1ccc(F)cn1. The Hall–Kier alpha value is -1.22. The van der Waals surface area contributed by atoms with E-state index < -0.39 is 0 Å². The van der Waals surface area contributed by atoms with Crippen molar-refractivity contribution in [3.63, 3.8) is 0 Å². The first-order valence-electron chi connectivity index (χ1n) is 5.12. The third-order valence-corrected chi connectivity index (χ3v) is 2.17. The van der Waals surface area contributed by atoms with Crippen molar-refractivity contribution in [2.75, 3.05) is 6.54 Å². The van der Waals surface area contributed by atoms with Crippen LogP contribution in [0.1, 0.15) is 32.0 Å². The molecule has 1 N–H and O–H groups in total. The summed E-state index contributed by atoms with van der Waals surface area (Å²) in [5.41, 5.74) is 1.95. The maximum absolute atomic E-state index is 12.7. The van der Waals surface area contributed by atoms with Crippen molar-refractivity contribution < 1.29 is 4.39 Å². The molecule has 0 aromatic carbocycles. The van der Waals surface area contributed by atoms with Crippen LogP contribution in [-0.4, -0.2) is 11.5 Å². The highest BCUT2D eigenvalue weighted by Crippen LogP contribution is 2.14. The summed E-state index contributed by atoms with van der Waals surface area (Å²) in [5, 5.41) is 3.32. The number of nitrogens with one attached hydrogen (secondary N) is 1. The number of aromatic nitrogens is 1. The number of hydrogen-bond acceptors (Lipinski definition) is 2. The molecule has 0 bridgehead atoms. The molecule has 0 spiro atoms. The first-order valence-corrected chi connectivity index (χ1v) is 5.12. The van der Waals surface area contributed by atoms with Crippen LogP contribution in [0.5, 0.6) is 0 Å². The molecular formula is C12H17FN2. The lowest BCUT2D eigenvalue weighted by molar-refractivity contribution is 0.527. The largest absolute Gasteiger partial charge is 0.305 e. The molecule has 1 heterocycles. The molecule has 0 aliphatic heterocycles. The van der Waals surface area contributed by atoms with Crippen molar-refractivity contribution in [1.29, 1.82) is 0 Å². The van der Waals surface area contributed by atoms with Crippen LogP contribution in [0.25, 0.3) is 0 Å². The van der Waals surface area contributed by atoms with E-state index in [4.69, 9.17) is 0 Å². The van der Waals surface area contributed by atoms with E-state index >= 15 is 0 Å². The molecule has 0 aliphatic rings. The molecule has 0 amide bonds. The molecule has 0 saturated heterocycles. The van der Waals surface area contributed by atoms with Gasteiger partial charge in [0, 0.05) is 12.6 Å². The summed E-state index contributed by atoms with van der Waals surface area (Å²) in [6, 6.07) is 3.32. The molecule has 0 fully saturated rings. The average Bonchev–Trinajstić information content (AvgIpc) is 2.21. The maximum atomic E-state index is 12.7. The monoisotopic (exact) mass is 208 g/mol. The Kier molecular flexibility index (Phi) is 4.43. The fourth-order valence-electron chi connectivity index (χ4n) is 1.35. The Morgan fingerprint density at radius 2 is 2.33 bits per heavy atom. The van der Waals surface area contributed by atoms with Crippen LogP contribution >= 0.6 is 0 Å². The maximum Gasteiger partial charge on any atom is 0.141 e. The second kappa shape index (κ2) is 5.61. The van der Waals surface area contributed by atoms with Crippen molar-refractivity contribution in [1.82, 2.24) is 10.3 Å². The lowest BCUT2D eigenvalue weighted by Crippen LogP contribution is -2.23. The van der Waals surface area contributed by atoms with Gasteiger partial charge in [0.15, 0.2) is 0 Å². The molecule has 1 aromatic heterocycles. The van der Waals surface area contributed by atoms with E-state index in [0.717, 1.165) is 24.2 Å². The second-order valence-corrected chi connectivity index (χ2v) is 3.70. The van der Waals surface area contributed by atoms with Gasteiger partial charge < -0.3 is 5.32 Å². The van der Waals surface area contributed by atoms with Crippen molar-refractivity contribution in [3.8, 4) is 0 Å². The molecule has 2 nitrogen and oxygen atoms in total. The van der Waals surface area contributed by atoms with Gasteiger partial charge in [-0.3, -0.25) is 4.98 Å². The zero-order chi connectivity index (χ0) is 11.3. The van der Waals surface area contributed by atoms with E-state index in [2.05, 4.69) is 23.8 Å². The van der Waals surface area contributed by atoms with Gasteiger partial charge in [-0.25, -0.2) is 4.39 Å². The van der Waals surface area contributed by atoms with Crippen LogP contribution in [0.4, 0.5) is 4.39 Å². The first-order chi connectivity index (χ1) is 7.13. The summed E-state index contributed by atoms with van der Waals surface area (Å²) in [6.45, 7) is 8.63. The average molecular weight is 208 g/mol. The minimum atomic E-state index is -0.298. The third-order valence-electron chi connectivity index (χ3n) is 2.17. The van der Waals surface area contributed by atoms with Crippen LogP contribution in [0.2, 0.25) is 0 Å². The Balaban J connectivity index is 2.65. The quantitative estimate of drug-likeness (QED) is 0.753. The summed E-state index contributed by atoms with van der Waals surface area (Å²) in [4.78, 5) is 4.06. The van der Waals surface area contributed by atoms with Crippen molar-refractivity contribution in [2.24, 2.45) is 0 Å². The molecule has 15 heavy (non-hydrogen) atoms. The molecule has 0 saturated carbocycles. The predicted molar refractivity (Wildman–Crippen MR) is 60.0 cm³/mol. The summed E-state index contributed by atoms with van der Waals surface area (Å²) >= 11 is 0. The first kappa shape index (κ1) is 11.9. The number of rotatable bonds is 5. The molecule has 1 aromatic rings. The van der Waals surface area contributed by atoms with Crippen molar-refractivity contribution in [3.05, 3.63) is 42.0 Å². The van der Waals surface area contributed by atoms with Gasteiger partial charge in [0.25, 0.3) is 0 Å². The highest BCUT2D eigenvalue weighted by molar-refractivity contribution is 5.10. The zero-order valence-corrected chi connectivity index (χ0v) is 9.26. The molecule has 82 valence electrons. The Morgan fingerprint density at radius 3 is 2.80 bits per heavy atom. The van der Waals surface area contributed by atoms with Gasteiger partial charge in [0.05, 0.1) is 11.9 Å². The summed E-state index contributed by atoms with van der Waals surface area (Å²) in [7, 11) is 0. The van der Waals surface area contributed by atoms with E-state index in [1.165, 1.54) is 12.3 Å². The Labute approximate surface area is 90.2 Å². The van der Waals surface area contributed by atoms with Gasteiger partial charge in [-0.15, -0.1) is 0 Å². The predicted octanol–water partition coefficient (Wildman–Crippen LogP) is 2.84. The van der Waals surface area contributed by atoms with Gasteiger partial charge in [-0.05, 0) is 25.5 Å². The molecule has 1 unspecified atom stereocenters. The van der Waals surface area contributed by atoms with Crippen LogP contribution in [0, 0.1) is 5.82 Å². The third kappa shape index (κ3) is 3.80.